The maximum absolute atomic E-state index is 5.99. The lowest BCUT2D eigenvalue weighted by molar-refractivity contribution is 0.379. The van der Waals surface area contributed by atoms with E-state index in [9.17, 15) is 0 Å². The molecule has 0 fully saturated rings. The fraction of sp³-hybridized carbons (Fsp3) is 0.308. The lowest BCUT2D eigenvalue weighted by atomic mass is 10.3. The van der Waals surface area contributed by atoms with Crippen LogP contribution in [0.3, 0.4) is 0 Å². The maximum atomic E-state index is 5.99. The molecule has 8 heteroatoms. The largest absolute Gasteiger partial charge is 0.495 e. The number of rotatable bonds is 6. The highest BCUT2D eigenvalue weighted by Crippen LogP contribution is 2.28. The summed E-state index contributed by atoms with van der Waals surface area (Å²) in [6.45, 7) is 2.65. The summed E-state index contributed by atoms with van der Waals surface area (Å²) < 4.78 is 10.2. The fourth-order valence-electron chi connectivity index (χ4n) is 1.61. The zero-order chi connectivity index (χ0) is 15.2. The average molecular weight is 310 g/mol. The van der Waals surface area contributed by atoms with Crippen molar-refractivity contribution in [3.8, 4) is 11.8 Å². The third kappa shape index (κ3) is 3.85. The predicted molar refractivity (Wildman–Crippen MR) is 81.8 cm³/mol. The maximum Gasteiger partial charge on any atom is 0.322 e. The molecule has 1 heterocycles. The van der Waals surface area contributed by atoms with Crippen LogP contribution < -0.4 is 20.1 Å². The molecule has 0 unspecified atom stereocenters. The standard InChI is InChI=1S/C13H16ClN5O2/c1-4-15-11-17-12(19-13(18-11)21-3)16-8-5-6-9(14)10(7-8)20-2/h5-7H,4H2,1-3H3,(H2,15,16,17,18,19). The molecule has 0 amide bonds. The number of aromatic nitrogens is 3. The number of hydrogen-bond donors (Lipinski definition) is 2. The first-order valence-corrected chi connectivity index (χ1v) is 6.68. The molecule has 21 heavy (non-hydrogen) atoms. The van der Waals surface area contributed by atoms with Crippen LogP contribution >= 0.6 is 11.6 Å². The fourth-order valence-corrected chi connectivity index (χ4v) is 1.80. The smallest absolute Gasteiger partial charge is 0.322 e. The number of anilines is 3. The Morgan fingerprint density at radius 2 is 1.86 bits per heavy atom. The van der Waals surface area contributed by atoms with Gasteiger partial charge in [0.1, 0.15) is 5.75 Å². The van der Waals surface area contributed by atoms with Gasteiger partial charge < -0.3 is 20.1 Å². The van der Waals surface area contributed by atoms with Crippen molar-refractivity contribution >= 4 is 29.2 Å². The number of nitrogens with one attached hydrogen (secondary N) is 2. The second-order valence-electron chi connectivity index (χ2n) is 3.97. The summed E-state index contributed by atoms with van der Waals surface area (Å²) in [5.41, 5.74) is 0.743. The van der Waals surface area contributed by atoms with Crippen LogP contribution in [-0.2, 0) is 0 Å². The Kier molecular flexibility index (Phi) is 4.99. The highest BCUT2D eigenvalue weighted by Gasteiger charge is 2.08. The van der Waals surface area contributed by atoms with Crippen molar-refractivity contribution in [1.29, 1.82) is 0 Å². The molecule has 0 bridgehead atoms. The van der Waals surface area contributed by atoms with Crippen LogP contribution in [0.25, 0.3) is 0 Å². The van der Waals surface area contributed by atoms with Crippen LogP contribution in [0.2, 0.25) is 5.02 Å². The minimum absolute atomic E-state index is 0.226. The average Bonchev–Trinajstić information content (AvgIpc) is 2.49. The Labute approximate surface area is 127 Å². The molecule has 0 spiro atoms. The van der Waals surface area contributed by atoms with Gasteiger partial charge in [-0.25, -0.2) is 0 Å². The van der Waals surface area contributed by atoms with Crippen molar-refractivity contribution in [2.45, 2.75) is 6.92 Å². The minimum atomic E-state index is 0.226. The van der Waals surface area contributed by atoms with Crippen LogP contribution in [-0.4, -0.2) is 35.7 Å². The number of ether oxygens (including phenoxy) is 2. The van der Waals surface area contributed by atoms with Gasteiger partial charge in [-0.15, -0.1) is 0 Å². The number of methoxy groups -OCH3 is 2. The van der Waals surface area contributed by atoms with E-state index in [0.29, 0.717) is 29.2 Å². The topological polar surface area (TPSA) is 81.2 Å². The molecule has 0 atom stereocenters. The quantitative estimate of drug-likeness (QED) is 0.849. The normalized spacial score (nSPS) is 10.1. The van der Waals surface area contributed by atoms with Crippen molar-refractivity contribution in [3.05, 3.63) is 23.2 Å². The molecule has 0 radical (unpaired) electrons. The third-order valence-electron chi connectivity index (χ3n) is 2.54. The first-order chi connectivity index (χ1) is 10.2. The summed E-state index contributed by atoms with van der Waals surface area (Å²) in [4.78, 5) is 12.5. The highest BCUT2D eigenvalue weighted by molar-refractivity contribution is 6.32. The van der Waals surface area contributed by atoms with Gasteiger partial charge in [-0.05, 0) is 19.1 Å². The lowest BCUT2D eigenvalue weighted by Crippen LogP contribution is -2.07. The Balaban J connectivity index is 2.27. The second kappa shape index (κ2) is 6.94. The van der Waals surface area contributed by atoms with Crippen LogP contribution in [0.4, 0.5) is 17.6 Å². The minimum Gasteiger partial charge on any atom is -0.495 e. The molecule has 0 aliphatic heterocycles. The second-order valence-corrected chi connectivity index (χ2v) is 4.38. The molecule has 2 N–H and O–H groups in total. The van der Waals surface area contributed by atoms with Gasteiger partial charge in [-0.1, -0.05) is 11.6 Å². The van der Waals surface area contributed by atoms with Gasteiger partial charge in [0.15, 0.2) is 0 Å². The zero-order valence-corrected chi connectivity index (χ0v) is 12.7. The molecule has 112 valence electrons. The van der Waals surface area contributed by atoms with Crippen LogP contribution in [0.1, 0.15) is 6.92 Å². The molecule has 0 saturated heterocycles. The number of benzene rings is 1. The van der Waals surface area contributed by atoms with Gasteiger partial charge in [0, 0.05) is 18.3 Å². The van der Waals surface area contributed by atoms with E-state index < -0.39 is 0 Å². The van der Waals surface area contributed by atoms with E-state index >= 15 is 0 Å². The van der Waals surface area contributed by atoms with Crippen molar-refractivity contribution in [2.75, 3.05) is 31.4 Å². The molecule has 7 nitrogen and oxygen atoms in total. The molecule has 1 aromatic heterocycles. The molecular weight excluding hydrogens is 294 g/mol. The van der Waals surface area contributed by atoms with E-state index in [1.165, 1.54) is 7.11 Å². The summed E-state index contributed by atoms with van der Waals surface area (Å²) >= 11 is 5.99. The number of halogens is 1. The van der Waals surface area contributed by atoms with E-state index in [1.807, 2.05) is 6.92 Å². The van der Waals surface area contributed by atoms with Crippen LogP contribution in [0.15, 0.2) is 18.2 Å². The van der Waals surface area contributed by atoms with E-state index in [4.69, 9.17) is 21.1 Å². The van der Waals surface area contributed by atoms with Gasteiger partial charge >= 0.3 is 6.01 Å². The Morgan fingerprint density at radius 3 is 2.52 bits per heavy atom. The van der Waals surface area contributed by atoms with Gasteiger partial charge in [0.25, 0.3) is 0 Å². The zero-order valence-electron chi connectivity index (χ0n) is 12.0. The van der Waals surface area contributed by atoms with E-state index in [-0.39, 0.29) is 6.01 Å². The molecule has 0 saturated carbocycles. The molecular formula is C13H16ClN5O2. The van der Waals surface area contributed by atoms with Gasteiger partial charge in [-0.3, -0.25) is 0 Å². The summed E-state index contributed by atoms with van der Waals surface area (Å²) in [6, 6.07) is 5.51. The molecule has 0 aliphatic carbocycles. The van der Waals surface area contributed by atoms with E-state index in [1.54, 1.807) is 25.3 Å². The highest BCUT2D eigenvalue weighted by atomic mass is 35.5. The number of hydrogen-bond acceptors (Lipinski definition) is 7. The van der Waals surface area contributed by atoms with E-state index in [0.717, 1.165) is 5.69 Å². The monoisotopic (exact) mass is 309 g/mol. The summed E-state index contributed by atoms with van der Waals surface area (Å²) in [7, 11) is 3.06. The van der Waals surface area contributed by atoms with Gasteiger partial charge in [0.2, 0.25) is 11.9 Å². The van der Waals surface area contributed by atoms with E-state index in [2.05, 4.69) is 25.6 Å². The Hall–Kier alpha value is -2.28. The van der Waals surface area contributed by atoms with Crippen molar-refractivity contribution < 1.29 is 9.47 Å². The first-order valence-electron chi connectivity index (χ1n) is 6.30. The van der Waals surface area contributed by atoms with Crippen molar-refractivity contribution in [2.24, 2.45) is 0 Å². The molecule has 0 aliphatic rings. The molecule has 2 rings (SSSR count). The van der Waals surface area contributed by atoms with Crippen LogP contribution in [0, 0.1) is 0 Å². The third-order valence-corrected chi connectivity index (χ3v) is 2.85. The lowest BCUT2D eigenvalue weighted by Gasteiger charge is -2.10. The first kappa shape index (κ1) is 15.1. The van der Waals surface area contributed by atoms with Crippen molar-refractivity contribution in [3.63, 3.8) is 0 Å². The van der Waals surface area contributed by atoms with Gasteiger partial charge in [0.05, 0.1) is 19.2 Å². The SMILES string of the molecule is CCNc1nc(Nc2ccc(Cl)c(OC)c2)nc(OC)n1. The number of nitrogens with zero attached hydrogens (tertiary/aromatic N) is 3. The Morgan fingerprint density at radius 1 is 1.10 bits per heavy atom. The van der Waals surface area contributed by atoms with Gasteiger partial charge in [-0.2, -0.15) is 15.0 Å². The molecule has 1 aromatic carbocycles. The molecule has 2 aromatic rings. The summed E-state index contributed by atoms with van der Waals surface area (Å²) in [5.74, 6) is 1.37. The summed E-state index contributed by atoms with van der Waals surface area (Å²) in [5, 5.41) is 6.60. The summed E-state index contributed by atoms with van der Waals surface area (Å²) in [6.07, 6.45) is 0. The Bertz CT molecular complexity index is 624. The van der Waals surface area contributed by atoms with Crippen LogP contribution in [0.5, 0.6) is 11.8 Å². The van der Waals surface area contributed by atoms with Crippen molar-refractivity contribution in [1.82, 2.24) is 15.0 Å². The predicted octanol–water partition coefficient (Wildman–Crippen LogP) is 2.72.